The lowest BCUT2D eigenvalue weighted by molar-refractivity contribution is 0.825. The predicted octanol–water partition coefficient (Wildman–Crippen LogP) is 4.86. The largest absolute Gasteiger partial charge is 0.0856 e. The van der Waals surface area contributed by atoms with Crippen LogP contribution in [0.5, 0.6) is 0 Å². The van der Waals surface area contributed by atoms with Gasteiger partial charge in [0.05, 0.1) is 8.07 Å². The van der Waals surface area contributed by atoms with Crippen molar-refractivity contribution in [2.45, 2.75) is 39.0 Å². The first-order valence-electron chi connectivity index (χ1n) is 6.14. The number of rotatable bonds is 4. The molecule has 0 aliphatic rings. The van der Waals surface area contributed by atoms with Gasteiger partial charge in [-0.3, -0.25) is 0 Å². The molecule has 1 atom stereocenters. The molecule has 1 aromatic carbocycles. The summed E-state index contributed by atoms with van der Waals surface area (Å²) >= 11 is 0. The van der Waals surface area contributed by atoms with Gasteiger partial charge in [-0.1, -0.05) is 76.0 Å². The number of hydrogen-bond donors (Lipinski definition) is 0. The third-order valence-electron chi connectivity index (χ3n) is 2.78. The second-order valence-corrected chi connectivity index (χ2v) is 11.2. The van der Waals surface area contributed by atoms with E-state index >= 15 is 0 Å². The van der Waals surface area contributed by atoms with Crippen LogP contribution in [-0.4, -0.2) is 8.07 Å². The van der Waals surface area contributed by atoms with E-state index in [1.54, 1.807) is 0 Å². The molecule has 0 heterocycles. The smallest absolute Gasteiger partial charge is 0.0565 e. The fourth-order valence-corrected chi connectivity index (χ4v) is 3.77. The van der Waals surface area contributed by atoms with Gasteiger partial charge in [-0.05, 0) is 17.0 Å². The summed E-state index contributed by atoms with van der Waals surface area (Å²) in [7, 11) is -1.18. The minimum Gasteiger partial charge on any atom is -0.0856 e. The van der Waals surface area contributed by atoms with E-state index in [4.69, 9.17) is 0 Å². The summed E-state index contributed by atoms with van der Waals surface area (Å²) in [5.74, 6) is 0.641. The van der Waals surface area contributed by atoms with Crippen LogP contribution in [-0.2, 0) is 0 Å². The van der Waals surface area contributed by atoms with Crippen molar-refractivity contribution >= 4 is 8.07 Å². The topological polar surface area (TPSA) is 0 Å². The van der Waals surface area contributed by atoms with Crippen molar-refractivity contribution in [3.8, 4) is 0 Å². The van der Waals surface area contributed by atoms with Gasteiger partial charge in [0.1, 0.15) is 0 Å². The SMILES string of the molecule is CC(C)/C=C/C(c1ccccc1)[Si](C)(C)C. The highest BCUT2D eigenvalue weighted by molar-refractivity contribution is 6.78. The maximum atomic E-state index is 2.44. The van der Waals surface area contributed by atoms with E-state index in [0.29, 0.717) is 11.5 Å². The van der Waals surface area contributed by atoms with Crippen molar-refractivity contribution in [3.63, 3.8) is 0 Å². The molecule has 0 aliphatic carbocycles. The maximum Gasteiger partial charge on any atom is 0.0565 e. The van der Waals surface area contributed by atoms with Gasteiger partial charge in [0.25, 0.3) is 0 Å². The van der Waals surface area contributed by atoms with Crippen molar-refractivity contribution in [2.24, 2.45) is 5.92 Å². The van der Waals surface area contributed by atoms with Gasteiger partial charge in [-0.25, -0.2) is 0 Å². The fourth-order valence-electron chi connectivity index (χ4n) is 1.89. The zero-order valence-electron chi connectivity index (χ0n) is 11.2. The summed E-state index contributed by atoms with van der Waals surface area (Å²) in [6.07, 6.45) is 4.77. The summed E-state index contributed by atoms with van der Waals surface area (Å²) in [6.45, 7) is 11.8. The summed E-state index contributed by atoms with van der Waals surface area (Å²) in [6, 6.07) is 10.9. The Morgan fingerprint density at radius 1 is 0.938 bits per heavy atom. The van der Waals surface area contributed by atoms with Crippen LogP contribution >= 0.6 is 0 Å². The van der Waals surface area contributed by atoms with Crippen molar-refractivity contribution < 1.29 is 0 Å². The lowest BCUT2D eigenvalue weighted by atomic mass is 10.1. The van der Waals surface area contributed by atoms with Crippen LogP contribution in [0.4, 0.5) is 0 Å². The molecule has 0 aliphatic heterocycles. The van der Waals surface area contributed by atoms with Gasteiger partial charge in [-0.2, -0.15) is 0 Å². The first kappa shape index (κ1) is 13.2. The number of benzene rings is 1. The van der Waals surface area contributed by atoms with Crippen LogP contribution in [0.2, 0.25) is 19.6 Å². The molecule has 0 fully saturated rings. The first-order chi connectivity index (χ1) is 7.41. The number of hydrogen-bond acceptors (Lipinski definition) is 0. The van der Waals surface area contributed by atoms with Gasteiger partial charge in [-0.15, -0.1) is 0 Å². The van der Waals surface area contributed by atoms with Crippen molar-refractivity contribution in [1.82, 2.24) is 0 Å². The average molecular weight is 232 g/mol. The zero-order valence-corrected chi connectivity index (χ0v) is 12.2. The Balaban J connectivity index is 2.98. The average Bonchev–Trinajstić information content (AvgIpc) is 2.17. The molecule has 0 aromatic heterocycles. The summed E-state index contributed by atoms with van der Waals surface area (Å²) in [4.78, 5) is 0. The van der Waals surface area contributed by atoms with Crippen molar-refractivity contribution in [1.29, 1.82) is 0 Å². The number of allylic oxidation sites excluding steroid dienone is 2. The fraction of sp³-hybridized carbons (Fsp3) is 0.467. The molecule has 0 saturated heterocycles. The normalized spacial score (nSPS) is 14.6. The molecule has 0 nitrogen and oxygen atoms in total. The Bertz CT molecular complexity index is 330. The van der Waals surface area contributed by atoms with E-state index in [0.717, 1.165) is 0 Å². The Labute approximate surface area is 101 Å². The Hall–Kier alpha value is -0.823. The second kappa shape index (κ2) is 5.49. The molecule has 0 N–H and O–H groups in total. The predicted molar refractivity (Wildman–Crippen MR) is 76.5 cm³/mol. The van der Waals surface area contributed by atoms with Gasteiger partial charge >= 0.3 is 0 Å². The van der Waals surface area contributed by atoms with E-state index in [1.807, 2.05) is 0 Å². The molecule has 0 radical (unpaired) electrons. The molecular formula is C15H24Si. The van der Waals surface area contributed by atoms with Crippen LogP contribution in [0, 0.1) is 5.92 Å². The zero-order chi connectivity index (χ0) is 12.2. The Morgan fingerprint density at radius 3 is 1.94 bits per heavy atom. The van der Waals surface area contributed by atoms with Crippen LogP contribution in [0.3, 0.4) is 0 Å². The molecule has 0 amide bonds. The lowest BCUT2D eigenvalue weighted by Crippen LogP contribution is -2.29. The molecule has 1 rings (SSSR count). The van der Waals surface area contributed by atoms with Crippen LogP contribution in [0.15, 0.2) is 42.5 Å². The highest BCUT2D eigenvalue weighted by Gasteiger charge is 2.25. The quantitative estimate of drug-likeness (QED) is 0.514. The first-order valence-corrected chi connectivity index (χ1v) is 9.72. The van der Waals surface area contributed by atoms with E-state index in [-0.39, 0.29) is 0 Å². The minimum atomic E-state index is -1.18. The molecule has 0 bridgehead atoms. The molecule has 0 saturated carbocycles. The van der Waals surface area contributed by atoms with Gasteiger partial charge < -0.3 is 0 Å². The van der Waals surface area contributed by atoms with E-state index in [9.17, 15) is 0 Å². The minimum absolute atomic E-state index is 0.635. The monoisotopic (exact) mass is 232 g/mol. The highest BCUT2D eigenvalue weighted by Crippen LogP contribution is 2.28. The summed E-state index contributed by atoms with van der Waals surface area (Å²) in [5, 5.41) is 0. The van der Waals surface area contributed by atoms with E-state index < -0.39 is 8.07 Å². The van der Waals surface area contributed by atoms with Gasteiger partial charge in [0, 0.05) is 0 Å². The molecule has 88 valence electrons. The van der Waals surface area contributed by atoms with Crippen LogP contribution in [0.1, 0.15) is 25.0 Å². The standard InChI is InChI=1S/C15H24Si/c1-13(2)11-12-15(16(3,4)5)14-9-7-6-8-10-14/h6-13,15H,1-5H3/b12-11+. The molecular weight excluding hydrogens is 208 g/mol. The van der Waals surface area contributed by atoms with Crippen LogP contribution < -0.4 is 0 Å². The summed E-state index contributed by atoms with van der Waals surface area (Å²) < 4.78 is 0. The third kappa shape index (κ3) is 3.97. The van der Waals surface area contributed by atoms with Gasteiger partial charge in [0.15, 0.2) is 0 Å². The third-order valence-corrected chi connectivity index (χ3v) is 5.17. The molecule has 1 heteroatoms. The lowest BCUT2D eigenvalue weighted by Gasteiger charge is -2.27. The van der Waals surface area contributed by atoms with Crippen molar-refractivity contribution in [2.75, 3.05) is 0 Å². The Kier molecular flexibility index (Phi) is 4.54. The maximum absolute atomic E-state index is 2.44. The van der Waals surface area contributed by atoms with Crippen molar-refractivity contribution in [3.05, 3.63) is 48.0 Å². The van der Waals surface area contributed by atoms with Gasteiger partial charge in [0.2, 0.25) is 0 Å². The second-order valence-electron chi connectivity index (χ2n) is 5.88. The highest BCUT2D eigenvalue weighted by atomic mass is 28.3. The molecule has 16 heavy (non-hydrogen) atoms. The molecule has 1 unspecified atom stereocenters. The van der Waals surface area contributed by atoms with Crippen LogP contribution in [0.25, 0.3) is 0 Å². The van der Waals surface area contributed by atoms with E-state index in [2.05, 4.69) is 76.0 Å². The molecule has 1 aromatic rings. The summed E-state index contributed by atoms with van der Waals surface area (Å²) in [5.41, 5.74) is 2.11. The Morgan fingerprint density at radius 2 is 1.50 bits per heavy atom. The molecule has 0 spiro atoms. The van der Waals surface area contributed by atoms with E-state index in [1.165, 1.54) is 5.56 Å².